The fourth-order valence-electron chi connectivity index (χ4n) is 4.74. The predicted octanol–water partition coefficient (Wildman–Crippen LogP) is 5.66. The van der Waals surface area contributed by atoms with Crippen molar-refractivity contribution in [2.45, 2.75) is 13.0 Å². The standard InChI is InChI=1S/C32H30N2O5/c1-4-18-37-31(35)17-14-23-8-7-10-28-27(23)19-22(2)34(28)32(36)24-12-15-25(16-13-24)38-21-26-20-33(3)29-9-5-6-11-30(29)39-26/h4-17,19,26H,1,18,20-21H2,2-3H3/b17-14+/t26-/m0/s1. The number of ether oxygens (including phenoxy) is 3. The van der Waals surface area contributed by atoms with Crippen LogP contribution in [0.3, 0.4) is 0 Å². The van der Waals surface area contributed by atoms with Crippen molar-refractivity contribution in [3.05, 3.63) is 108 Å². The molecule has 0 saturated carbocycles. The highest BCUT2D eigenvalue weighted by Crippen LogP contribution is 2.32. The third-order valence-corrected chi connectivity index (χ3v) is 6.59. The van der Waals surface area contributed by atoms with E-state index in [9.17, 15) is 9.59 Å². The summed E-state index contributed by atoms with van der Waals surface area (Å²) in [5, 5.41) is 0.870. The van der Waals surface area contributed by atoms with Crippen molar-refractivity contribution < 1.29 is 23.8 Å². The molecule has 0 N–H and O–H groups in total. The van der Waals surface area contributed by atoms with Crippen LogP contribution >= 0.6 is 0 Å². The third-order valence-electron chi connectivity index (χ3n) is 6.59. The van der Waals surface area contributed by atoms with E-state index in [1.807, 2.05) is 62.5 Å². The number of anilines is 1. The number of hydrogen-bond donors (Lipinski definition) is 0. The SMILES string of the molecule is C=CCOC(=O)/C=C/c1cccc2c1cc(C)n2C(=O)c1ccc(OC[C@@H]2CN(C)c3ccccc3O2)cc1. The maximum absolute atomic E-state index is 13.5. The number of carbonyl (C=O) groups is 2. The van der Waals surface area contributed by atoms with Gasteiger partial charge in [-0.2, -0.15) is 0 Å². The summed E-state index contributed by atoms with van der Waals surface area (Å²) in [6, 6.07) is 22.7. The van der Waals surface area contributed by atoms with Crippen LogP contribution in [0.15, 0.2) is 91.5 Å². The van der Waals surface area contributed by atoms with Gasteiger partial charge in [-0.25, -0.2) is 4.79 Å². The molecule has 4 aromatic rings. The number of aryl methyl sites for hydroxylation is 1. The fourth-order valence-corrected chi connectivity index (χ4v) is 4.74. The van der Waals surface area contributed by atoms with Crippen LogP contribution in [-0.2, 0) is 9.53 Å². The number of rotatable bonds is 8. The van der Waals surface area contributed by atoms with Crippen LogP contribution in [0, 0.1) is 6.92 Å². The van der Waals surface area contributed by atoms with Gasteiger partial charge in [0.25, 0.3) is 5.91 Å². The summed E-state index contributed by atoms with van der Waals surface area (Å²) >= 11 is 0. The van der Waals surface area contributed by atoms with Gasteiger partial charge in [0.1, 0.15) is 30.8 Å². The Balaban J connectivity index is 1.28. The van der Waals surface area contributed by atoms with Gasteiger partial charge in [-0.05, 0) is 67.1 Å². The second kappa shape index (κ2) is 11.3. The highest BCUT2D eigenvalue weighted by atomic mass is 16.5. The zero-order chi connectivity index (χ0) is 27.4. The molecule has 5 rings (SSSR count). The molecule has 1 atom stereocenters. The first-order chi connectivity index (χ1) is 18.9. The fraction of sp³-hybridized carbons (Fsp3) is 0.188. The van der Waals surface area contributed by atoms with Gasteiger partial charge >= 0.3 is 5.97 Å². The number of esters is 1. The minimum Gasteiger partial charge on any atom is -0.490 e. The molecular weight excluding hydrogens is 492 g/mol. The normalized spacial score (nSPS) is 14.6. The second-order valence-corrected chi connectivity index (χ2v) is 9.38. The van der Waals surface area contributed by atoms with Crippen molar-refractivity contribution in [2.24, 2.45) is 0 Å². The number of hydrogen-bond acceptors (Lipinski definition) is 6. The number of fused-ring (bicyclic) bond motifs is 2. The van der Waals surface area contributed by atoms with Crippen LogP contribution in [0.2, 0.25) is 0 Å². The lowest BCUT2D eigenvalue weighted by atomic mass is 10.1. The molecule has 0 aliphatic carbocycles. The van der Waals surface area contributed by atoms with Crippen molar-refractivity contribution in [1.29, 1.82) is 0 Å². The zero-order valence-electron chi connectivity index (χ0n) is 22.0. The zero-order valence-corrected chi connectivity index (χ0v) is 22.0. The maximum Gasteiger partial charge on any atom is 0.331 e. The molecule has 39 heavy (non-hydrogen) atoms. The molecule has 0 unspecified atom stereocenters. The third kappa shape index (κ3) is 5.57. The molecule has 0 saturated heterocycles. The van der Waals surface area contributed by atoms with Gasteiger partial charge in [-0.3, -0.25) is 9.36 Å². The molecule has 1 aromatic heterocycles. The van der Waals surface area contributed by atoms with Crippen molar-refractivity contribution in [1.82, 2.24) is 4.57 Å². The molecule has 0 amide bonds. The lowest BCUT2D eigenvalue weighted by Gasteiger charge is -2.33. The van der Waals surface area contributed by atoms with Crippen LogP contribution < -0.4 is 14.4 Å². The summed E-state index contributed by atoms with van der Waals surface area (Å²) in [7, 11) is 2.04. The highest BCUT2D eigenvalue weighted by molar-refractivity contribution is 6.05. The number of carbonyl (C=O) groups excluding carboxylic acids is 2. The quantitative estimate of drug-likeness (QED) is 0.169. The van der Waals surface area contributed by atoms with Gasteiger partial charge in [-0.15, -0.1) is 0 Å². The molecule has 2 heterocycles. The Morgan fingerprint density at radius 1 is 1.08 bits per heavy atom. The summed E-state index contributed by atoms with van der Waals surface area (Å²) in [6.45, 7) is 6.70. The average molecular weight is 523 g/mol. The molecule has 198 valence electrons. The number of para-hydroxylation sites is 2. The Labute approximate surface area is 227 Å². The summed E-state index contributed by atoms with van der Waals surface area (Å²) < 4.78 is 18.8. The number of benzene rings is 3. The lowest BCUT2D eigenvalue weighted by Crippen LogP contribution is -2.41. The minimum absolute atomic E-state index is 0.104. The molecule has 0 spiro atoms. The summed E-state index contributed by atoms with van der Waals surface area (Å²) in [5.41, 5.74) is 3.99. The van der Waals surface area contributed by atoms with Crippen LogP contribution in [0.5, 0.6) is 11.5 Å². The van der Waals surface area contributed by atoms with Crippen molar-refractivity contribution in [3.8, 4) is 11.5 Å². The first-order valence-corrected chi connectivity index (χ1v) is 12.8. The number of likely N-dealkylation sites (N-methyl/N-ethyl adjacent to an activating group) is 1. The summed E-state index contributed by atoms with van der Waals surface area (Å²) in [6.07, 6.45) is 4.48. The monoisotopic (exact) mass is 522 g/mol. The average Bonchev–Trinajstić information content (AvgIpc) is 3.30. The first kappa shape index (κ1) is 25.9. The van der Waals surface area contributed by atoms with E-state index in [1.165, 1.54) is 12.2 Å². The number of nitrogens with zero attached hydrogens (tertiary/aromatic N) is 2. The van der Waals surface area contributed by atoms with Gasteiger partial charge in [0.05, 0.1) is 17.7 Å². The largest absolute Gasteiger partial charge is 0.490 e. The maximum atomic E-state index is 13.5. The minimum atomic E-state index is -0.451. The van der Waals surface area contributed by atoms with E-state index in [0.717, 1.165) is 40.1 Å². The Bertz CT molecular complexity index is 1550. The van der Waals surface area contributed by atoms with E-state index in [-0.39, 0.29) is 18.6 Å². The Morgan fingerprint density at radius 2 is 1.87 bits per heavy atom. The van der Waals surface area contributed by atoms with Crippen LogP contribution in [0.1, 0.15) is 21.6 Å². The van der Waals surface area contributed by atoms with Crippen molar-refractivity contribution in [3.63, 3.8) is 0 Å². The van der Waals surface area contributed by atoms with E-state index >= 15 is 0 Å². The highest BCUT2D eigenvalue weighted by Gasteiger charge is 2.23. The van der Waals surface area contributed by atoms with Gasteiger partial charge < -0.3 is 19.1 Å². The van der Waals surface area contributed by atoms with Crippen LogP contribution in [0.25, 0.3) is 17.0 Å². The predicted molar refractivity (Wildman–Crippen MR) is 153 cm³/mol. The second-order valence-electron chi connectivity index (χ2n) is 9.38. The molecule has 0 radical (unpaired) electrons. The van der Waals surface area contributed by atoms with Crippen LogP contribution in [0.4, 0.5) is 5.69 Å². The van der Waals surface area contributed by atoms with E-state index in [4.69, 9.17) is 14.2 Å². The topological polar surface area (TPSA) is 70.0 Å². The van der Waals surface area contributed by atoms with Crippen molar-refractivity contribution >= 4 is 34.5 Å². The Hall–Kier alpha value is -4.78. The van der Waals surface area contributed by atoms with Gasteiger partial charge in [-0.1, -0.05) is 36.9 Å². The van der Waals surface area contributed by atoms with Gasteiger partial charge in [0.2, 0.25) is 0 Å². The van der Waals surface area contributed by atoms with E-state index in [1.54, 1.807) is 34.9 Å². The van der Waals surface area contributed by atoms with E-state index < -0.39 is 5.97 Å². The molecule has 0 bridgehead atoms. The van der Waals surface area contributed by atoms with Gasteiger partial charge in [0.15, 0.2) is 0 Å². The Kier molecular flexibility index (Phi) is 7.50. The molecule has 7 heteroatoms. The van der Waals surface area contributed by atoms with E-state index in [0.29, 0.717) is 17.9 Å². The van der Waals surface area contributed by atoms with Gasteiger partial charge in [0, 0.05) is 29.8 Å². The molecule has 7 nitrogen and oxygen atoms in total. The number of aromatic nitrogens is 1. The molecule has 1 aliphatic rings. The smallest absolute Gasteiger partial charge is 0.331 e. The van der Waals surface area contributed by atoms with E-state index in [2.05, 4.69) is 11.5 Å². The lowest BCUT2D eigenvalue weighted by molar-refractivity contribution is -0.136. The molecule has 0 fully saturated rings. The summed E-state index contributed by atoms with van der Waals surface area (Å²) in [5.74, 6) is 0.922. The van der Waals surface area contributed by atoms with Crippen LogP contribution in [-0.4, -0.2) is 49.4 Å². The summed E-state index contributed by atoms with van der Waals surface area (Å²) in [4.78, 5) is 27.5. The molecule has 3 aromatic carbocycles. The molecule has 1 aliphatic heterocycles. The molecular formula is C32H30N2O5. The van der Waals surface area contributed by atoms with Crippen molar-refractivity contribution in [2.75, 3.05) is 31.7 Å². The Morgan fingerprint density at radius 3 is 2.67 bits per heavy atom. The first-order valence-electron chi connectivity index (χ1n) is 12.8.